The Morgan fingerprint density at radius 1 is 1.37 bits per heavy atom. The van der Waals surface area contributed by atoms with Gasteiger partial charge in [-0.2, -0.15) is 0 Å². The van der Waals surface area contributed by atoms with Crippen molar-refractivity contribution < 1.29 is 14.3 Å². The van der Waals surface area contributed by atoms with Crippen molar-refractivity contribution in [3.05, 3.63) is 29.8 Å². The molecule has 2 rings (SSSR count). The smallest absolute Gasteiger partial charge is 0.310 e. The Balaban J connectivity index is 1.79. The summed E-state index contributed by atoms with van der Waals surface area (Å²) in [6, 6.07) is 7.65. The molecule has 104 valence electrons. The molecule has 19 heavy (non-hydrogen) atoms. The van der Waals surface area contributed by atoms with Crippen molar-refractivity contribution in [2.24, 2.45) is 5.92 Å². The van der Waals surface area contributed by atoms with Gasteiger partial charge in [0, 0.05) is 6.54 Å². The molecule has 0 amide bonds. The van der Waals surface area contributed by atoms with Crippen LogP contribution >= 0.6 is 0 Å². The standard InChI is InChI=1S/C15H21NO3/c1-2-18-14-7-5-12(6-8-14)11-19-15(17)13-4-3-9-16-10-13/h5-8,13,16H,2-4,9-11H2,1H3. The third-order valence-electron chi connectivity index (χ3n) is 3.25. The monoisotopic (exact) mass is 263 g/mol. The van der Waals surface area contributed by atoms with E-state index in [-0.39, 0.29) is 11.9 Å². The molecule has 1 heterocycles. The summed E-state index contributed by atoms with van der Waals surface area (Å²) in [7, 11) is 0. The van der Waals surface area contributed by atoms with Crippen molar-refractivity contribution in [3.63, 3.8) is 0 Å². The highest BCUT2D eigenvalue weighted by Crippen LogP contribution is 2.15. The molecule has 1 saturated heterocycles. The highest BCUT2D eigenvalue weighted by Gasteiger charge is 2.22. The van der Waals surface area contributed by atoms with Gasteiger partial charge in [-0.05, 0) is 44.0 Å². The number of hydrogen-bond donors (Lipinski definition) is 1. The number of hydrogen-bond acceptors (Lipinski definition) is 4. The average Bonchev–Trinajstić information content (AvgIpc) is 2.47. The van der Waals surface area contributed by atoms with Gasteiger partial charge in [-0.25, -0.2) is 0 Å². The third kappa shape index (κ3) is 4.24. The molecule has 0 saturated carbocycles. The van der Waals surface area contributed by atoms with Gasteiger partial charge >= 0.3 is 5.97 Å². The Morgan fingerprint density at radius 2 is 2.16 bits per heavy atom. The molecule has 0 aliphatic carbocycles. The van der Waals surface area contributed by atoms with Crippen LogP contribution in [0, 0.1) is 5.92 Å². The van der Waals surface area contributed by atoms with Crippen LogP contribution in [-0.4, -0.2) is 25.7 Å². The quantitative estimate of drug-likeness (QED) is 0.827. The SMILES string of the molecule is CCOc1ccc(COC(=O)C2CCCNC2)cc1. The summed E-state index contributed by atoms with van der Waals surface area (Å²) in [6.07, 6.45) is 1.97. The van der Waals surface area contributed by atoms with Gasteiger partial charge in [0.05, 0.1) is 12.5 Å². The highest BCUT2D eigenvalue weighted by molar-refractivity contribution is 5.72. The predicted octanol–water partition coefficient (Wildman–Crippen LogP) is 2.13. The number of benzene rings is 1. The average molecular weight is 263 g/mol. The molecule has 1 aromatic carbocycles. The molecular formula is C15H21NO3. The van der Waals surface area contributed by atoms with Crippen LogP contribution in [0.15, 0.2) is 24.3 Å². The van der Waals surface area contributed by atoms with Crippen molar-refractivity contribution in [2.75, 3.05) is 19.7 Å². The lowest BCUT2D eigenvalue weighted by Gasteiger charge is -2.21. The number of carbonyl (C=O) groups is 1. The van der Waals surface area contributed by atoms with E-state index in [0.717, 1.165) is 37.2 Å². The van der Waals surface area contributed by atoms with Gasteiger partial charge in [0.2, 0.25) is 0 Å². The summed E-state index contributed by atoms with van der Waals surface area (Å²) >= 11 is 0. The van der Waals surface area contributed by atoms with Crippen LogP contribution in [0.3, 0.4) is 0 Å². The topological polar surface area (TPSA) is 47.6 Å². The van der Waals surface area contributed by atoms with Crippen molar-refractivity contribution in [1.82, 2.24) is 5.32 Å². The summed E-state index contributed by atoms with van der Waals surface area (Å²) < 4.78 is 10.7. The minimum Gasteiger partial charge on any atom is -0.494 e. The van der Waals surface area contributed by atoms with E-state index in [1.165, 1.54) is 0 Å². The molecule has 1 N–H and O–H groups in total. The van der Waals surface area contributed by atoms with E-state index in [9.17, 15) is 4.79 Å². The first kappa shape index (κ1) is 13.9. The van der Waals surface area contributed by atoms with Crippen molar-refractivity contribution in [2.45, 2.75) is 26.4 Å². The number of nitrogens with one attached hydrogen (secondary N) is 1. The molecule has 1 unspecified atom stereocenters. The van der Waals surface area contributed by atoms with Gasteiger partial charge in [0.1, 0.15) is 12.4 Å². The zero-order valence-electron chi connectivity index (χ0n) is 11.4. The molecular weight excluding hydrogens is 242 g/mol. The number of carbonyl (C=O) groups excluding carboxylic acids is 1. The first-order chi connectivity index (χ1) is 9.29. The van der Waals surface area contributed by atoms with E-state index in [4.69, 9.17) is 9.47 Å². The van der Waals surface area contributed by atoms with Crippen molar-refractivity contribution >= 4 is 5.97 Å². The van der Waals surface area contributed by atoms with Gasteiger partial charge in [0.15, 0.2) is 0 Å². The second kappa shape index (κ2) is 7.14. The zero-order chi connectivity index (χ0) is 13.5. The normalized spacial score (nSPS) is 18.9. The minimum absolute atomic E-state index is 0.0106. The summed E-state index contributed by atoms with van der Waals surface area (Å²) in [5.74, 6) is 0.756. The number of piperidine rings is 1. The second-order valence-corrected chi connectivity index (χ2v) is 4.73. The second-order valence-electron chi connectivity index (χ2n) is 4.73. The maximum Gasteiger partial charge on any atom is 0.310 e. The van der Waals surface area contributed by atoms with Gasteiger partial charge in [-0.1, -0.05) is 12.1 Å². The maximum atomic E-state index is 11.9. The lowest BCUT2D eigenvalue weighted by Crippen LogP contribution is -2.35. The molecule has 0 radical (unpaired) electrons. The Kier molecular flexibility index (Phi) is 5.21. The largest absolute Gasteiger partial charge is 0.494 e. The molecule has 1 atom stereocenters. The van der Waals surface area contributed by atoms with E-state index >= 15 is 0 Å². The van der Waals surface area contributed by atoms with Crippen molar-refractivity contribution in [3.8, 4) is 5.75 Å². The number of rotatable bonds is 5. The fraction of sp³-hybridized carbons (Fsp3) is 0.533. The Bertz CT molecular complexity index is 396. The lowest BCUT2D eigenvalue weighted by molar-refractivity contribution is -0.150. The van der Waals surface area contributed by atoms with Gasteiger partial charge in [0.25, 0.3) is 0 Å². The predicted molar refractivity (Wildman–Crippen MR) is 73.0 cm³/mol. The van der Waals surface area contributed by atoms with Crippen LogP contribution in [0.5, 0.6) is 5.75 Å². The van der Waals surface area contributed by atoms with Gasteiger partial charge in [-0.3, -0.25) is 4.79 Å². The van der Waals surface area contributed by atoms with Crippen LogP contribution in [0.4, 0.5) is 0 Å². The molecule has 1 aliphatic heterocycles. The fourth-order valence-corrected chi connectivity index (χ4v) is 2.17. The first-order valence-corrected chi connectivity index (χ1v) is 6.88. The van der Waals surface area contributed by atoms with Crippen LogP contribution in [-0.2, 0) is 16.1 Å². The third-order valence-corrected chi connectivity index (χ3v) is 3.25. The Morgan fingerprint density at radius 3 is 2.79 bits per heavy atom. The number of ether oxygens (including phenoxy) is 2. The summed E-state index contributed by atoms with van der Waals surface area (Å²) in [5, 5.41) is 3.22. The molecule has 0 aromatic heterocycles. The molecule has 1 fully saturated rings. The first-order valence-electron chi connectivity index (χ1n) is 6.88. The van der Waals surface area contributed by atoms with Crippen molar-refractivity contribution in [1.29, 1.82) is 0 Å². The maximum absolute atomic E-state index is 11.9. The van der Waals surface area contributed by atoms with E-state index in [1.807, 2.05) is 31.2 Å². The Hall–Kier alpha value is -1.55. The molecule has 4 nitrogen and oxygen atoms in total. The van der Waals surface area contributed by atoms with E-state index in [0.29, 0.717) is 13.2 Å². The molecule has 4 heteroatoms. The summed E-state index contributed by atoms with van der Waals surface area (Å²) in [4.78, 5) is 11.9. The molecule has 0 bridgehead atoms. The van der Waals surface area contributed by atoms with Crippen LogP contribution in [0.1, 0.15) is 25.3 Å². The molecule has 1 aliphatic rings. The number of esters is 1. The van der Waals surface area contributed by atoms with Crippen LogP contribution < -0.4 is 10.1 Å². The van der Waals surface area contributed by atoms with Crippen LogP contribution in [0.2, 0.25) is 0 Å². The van der Waals surface area contributed by atoms with E-state index in [1.54, 1.807) is 0 Å². The molecule has 0 spiro atoms. The lowest BCUT2D eigenvalue weighted by atomic mass is 10.0. The summed E-state index contributed by atoms with van der Waals surface area (Å²) in [5.41, 5.74) is 0.987. The van der Waals surface area contributed by atoms with Crippen LogP contribution in [0.25, 0.3) is 0 Å². The van der Waals surface area contributed by atoms with E-state index < -0.39 is 0 Å². The highest BCUT2D eigenvalue weighted by atomic mass is 16.5. The van der Waals surface area contributed by atoms with Gasteiger partial charge < -0.3 is 14.8 Å². The van der Waals surface area contributed by atoms with Gasteiger partial charge in [-0.15, -0.1) is 0 Å². The fourth-order valence-electron chi connectivity index (χ4n) is 2.17. The summed E-state index contributed by atoms with van der Waals surface area (Å²) in [6.45, 7) is 4.68. The zero-order valence-corrected chi connectivity index (χ0v) is 11.4. The minimum atomic E-state index is -0.0962. The Labute approximate surface area is 114 Å². The van der Waals surface area contributed by atoms with E-state index in [2.05, 4.69) is 5.32 Å². The molecule has 1 aromatic rings.